The number of carbonyl (C=O) groups is 1. The number of hydrogen-bond acceptors (Lipinski definition) is 4. The van der Waals surface area contributed by atoms with Gasteiger partial charge in [0, 0.05) is 0 Å². The standard InChI is InChI=1S/C11H15NO3/c1-7(11(14)15-2)5-8-3-4-10(13)9(12)6-8/h3-4,6-7,13H,5,12H2,1-2H3. The number of phenols is 1. The molecule has 0 saturated carbocycles. The van der Waals surface area contributed by atoms with Crippen LogP contribution in [-0.4, -0.2) is 18.2 Å². The minimum Gasteiger partial charge on any atom is -0.506 e. The van der Waals surface area contributed by atoms with Gasteiger partial charge in [-0.1, -0.05) is 13.0 Å². The Kier molecular flexibility index (Phi) is 3.55. The van der Waals surface area contributed by atoms with Crippen LogP contribution < -0.4 is 5.73 Å². The van der Waals surface area contributed by atoms with Crippen molar-refractivity contribution in [3.05, 3.63) is 23.8 Å². The van der Waals surface area contributed by atoms with Gasteiger partial charge in [0.25, 0.3) is 0 Å². The lowest BCUT2D eigenvalue weighted by Gasteiger charge is -2.09. The smallest absolute Gasteiger partial charge is 0.308 e. The molecule has 0 radical (unpaired) electrons. The molecule has 82 valence electrons. The highest BCUT2D eigenvalue weighted by atomic mass is 16.5. The second-order valence-electron chi connectivity index (χ2n) is 3.52. The van der Waals surface area contributed by atoms with Crippen molar-refractivity contribution in [1.82, 2.24) is 0 Å². The molecule has 3 N–H and O–H groups in total. The lowest BCUT2D eigenvalue weighted by atomic mass is 10.0. The number of nitrogen functional groups attached to an aromatic ring is 1. The first-order chi connectivity index (χ1) is 7.04. The fraction of sp³-hybridized carbons (Fsp3) is 0.364. The molecule has 1 aromatic carbocycles. The molecule has 1 rings (SSSR count). The molecule has 0 fully saturated rings. The third-order valence-electron chi connectivity index (χ3n) is 2.24. The van der Waals surface area contributed by atoms with E-state index in [-0.39, 0.29) is 17.6 Å². The Morgan fingerprint density at radius 2 is 2.27 bits per heavy atom. The van der Waals surface area contributed by atoms with Gasteiger partial charge in [0.05, 0.1) is 18.7 Å². The van der Waals surface area contributed by atoms with E-state index in [1.165, 1.54) is 13.2 Å². The van der Waals surface area contributed by atoms with Gasteiger partial charge in [0.15, 0.2) is 0 Å². The van der Waals surface area contributed by atoms with Crippen LogP contribution in [0.5, 0.6) is 5.75 Å². The van der Waals surface area contributed by atoms with Crippen LogP contribution >= 0.6 is 0 Å². The monoisotopic (exact) mass is 209 g/mol. The Labute approximate surface area is 88.7 Å². The Hall–Kier alpha value is -1.71. The second kappa shape index (κ2) is 4.68. The third-order valence-corrected chi connectivity index (χ3v) is 2.24. The highest BCUT2D eigenvalue weighted by Crippen LogP contribution is 2.22. The number of anilines is 1. The molecule has 15 heavy (non-hydrogen) atoms. The number of benzene rings is 1. The molecule has 0 aromatic heterocycles. The summed E-state index contributed by atoms with van der Waals surface area (Å²) in [7, 11) is 1.37. The van der Waals surface area contributed by atoms with Crippen LogP contribution in [0.15, 0.2) is 18.2 Å². The number of aromatic hydroxyl groups is 1. The fourth-order valence-corrected chi connectivity index (χ4v) is 1.37. The van der Waals surface area contributed by atoms with Crippen LogP contribution in [0.25, 0.3) is 0 Å². The van der Waals surface area contributed by atoms with Crippen molar-refractivity contribution in [2.75, 3.05) is 12.8 Å². The van der Waals surface area contributed by atoms with Crippen LogP contribution in [-0.2, 0) is 16.0 Å². The summed E-state index contributed by atoms with van der Waals surface area (Å²) in [5.74, 6) is -0.398. The van der Waals surface area contributed by atoms with E-state index in [0.717, 1.165) is 5.56 Å². The van der Waals surface area contributed by atoms with E-state index in [4.69, 9.17) is 5.73 Å². The van der Waals surface area contributed by atoms with Gasteiger partial charge < -0.3 is 15.6 Å². The SMILES string of the molecule is COC(=O)C(C)Cc1ccc(O)c(N)c1. The summed E-state index contributed by atoms with van der Waals surface area (Å²) in [4.78, 5) is 11.2. The Morgan fingerprint density at radius 3 is 2.80 bits per heavy atom. The quantitative estimate of drug-likeness (QED) is 0.447. The van der Waals surface area contributed by atoms with Crippen molar-refractivity contribution in [2.24, 2.45) is 5.92 Å². The third kappa shape index (κ3) is 2.87. The van der Waals surface area contributed by atoms with Gasteiger partial charge >= 0.3 is 5.97 Å². The number of rotatable bonds is 3. The number of methoxy groups -OCH3 is 1. The molecule has 0 aliphatic carbocycles. The molecule has 1 aromatic rings. The maximum Gasteiger partial charge on any atom is 0.308 e. The Morgan fingerprint density at radius 1 is 1.60 bits per heavy atom. The number of ether oxygens (including phenoxy) is 1. The molecule has 0 spiro atoms. The van der Waals surface area contributed by atoms with E-state index in [0.29, 0.717) is 12.1 Å². The van der Waals surface area contributed by atoms with Crippen molar-refractivity contribution < 1.29 is 14.6 Å². The Balaban J connectivity index is 2.73. The van der Waals surface area contributed by atoms with Crippen LogP contribution in [0, 0.1) is 5.92 Å². The molecular weight excluding hydrogens is 194 g/mol. The first-order valence-corrected chi connectivity index (χ1v) is 4.69. The summed E-state index contributed by atoms with van der Waals surface area (Å²) in [6.07, 6.45) is 0.553. The van der Waals surface area contributed by atoms with Crippen molar-refractivity contribution in [3.8, 4) is 5.75 Å². The second-order valence-corrected chi connectivity index (χ2v) is 3.52. The minimum atomic E-state index is -0.248. The molecule has 0 aliphatic heterocycles. The minimum absolute atomic E-state index is 0.0597. The van der Waals surface area contributed by atoms with E-state index < -0.39 is 0 Å². The largest absolute Gasteiger partial charge is 0.506 e. The summed E-state index contributed by atoms with van der Waals surface area (Å²) in [6, 6.07) is 4.93. The number of hydrogen-bond donors (Lipinski definition) is 2. The maximum atomic E-state index is 11.2. The first kappa shape index (κ1) is 11.4. The van der Waals surface area contributed by atoms with Crippen molar-refractivity contribution in [3.63, 3.8) is 0 Å². The Bertz CT molecular complexity index is 363. The number of phenolic OH excluding ortho intramolecular Hbond substituents is 1. The molecule has 1 unspecified atom stereocenters. The molecular formula is C11H15NO3. The zero-order valence-corrected chi connectivity index (χ0v) is 8.86. The topological polar surface area (TPSA) is 72.5 Å². The molecule has 0 heterocycles. The lowest BCUT2D eigenvalue weighted by molar-refractivity contribution is -0.144. The highest BCUT2D eigenvalue weighted by molar-refractivity contribution is 5.72. The van der Waals surface area contributed by atoms with Gasteiger partial charge in [-0.15, -0.1) is 0 Å². The van der Waals surface area contributed by atoms with Crippen LogP contribution in [0.1, 0.15) is 12.5 Å². The number of nitrogens with two attached hydrogens (primary N) is 1. The molecule has 4 heteroatoms. The summed E-state index contributed by atoms with van der Waals surface area (Å²) in [6.45, 7) is 1.79. The lowest BCUT2D eigenvalue weighted by Crippen LogP contribution is -2.15. The van der Waals surface area contributed by atoms with Gasteiger partial charge in [0.1, 0.15) is 5.75 Å². The molecule has 0 aliphatic rings. The molecule has 0 amide bonds. The summed E-state index contributed by atoms with van der Waals surface area (Å²) in [5, 5.41) is 9.22. The zero-order valence-electron chi connectivity index (χ0n) is 8.86. The predicted octanol–water partition coefficient (Wildman–Crippen LogP) is 1.33. The van der Waals surface area contributed by atoms with Crippen molar-refractivity contribution in [1.29, 1.82) is 0 Å². The first-order valence-electron chi connectivity index (χ1n) is 4.69. The van der Waals surface area contributed by atoms with Crippen LogP contribution in [0.2, 0.25) is 0 Å². The molecule has 0 bridgehead atoms. The molecule has 4 nitrogen and oxygen atoms in total. The van der Waals surface area contributed by atoms with E-state index in [1.54, 1.807) is 19.1 Å². The van der Waals surface area contributed by atoms with Gasteiger partial charge in [-0.2, -0.15) is 0 Å². The van der Waals surface area contributed by atoms with Crippen LogP contribution in [0.4, 0.5) is 5.69 Å². The summed E-state index contributed by atoms with van der Waals surface area (Å²) in [5.41, 5.74) is 6.77. The van der Waals surface area contributed by atoms with Crippen molar-refractivity contribution in [2.45, 2.75) is 13.3 Å². The van der Waals surface area contributed by atoms with Gasteiger partial charge in [-0.25, -0.2) is 0 Å². The van der Waals surface area contributed by atoms with E-state index in [1.807, 2.05) is 0 Å². The van der Waals surface area contributed by atoms with Gasteiger partial charge in [-0.05, 0) is 24.1 Å². The van der Waals surface area contributed by atoms with E-state index in [2.05, 4.69) is 4.74 Å². The fourth-order valence-electron chi connectivity index (χ4n) is 1.37. The van der Waals surface area contributed by atoms with E-state index >= 15 is 0 Å². The average molecular weight is 209 g/mol. The zero-order chi connectivity index (χ0) is 11.4. The van der Waals surface area contributed by atoms with E-state index in [9.17, 15) is 9.90 Å². The number of esters is 1. The molecule has 1 atom stereocenters. The van der Waals surface area contributed by atoms with Gasteiger partial charge in [-0.3, -0.25) is 4.79 Å². The highest BCUT2D eigenvalue weighted by Gasteiger charge is 2.13. The maximum absolute atomic E-state index is 11.2. The number of carbonyl (C=O) groups excluding carboxylic acids is 1. The predicted molar refractivity (Wildman–Crippen MR) is 57.4 cm³/mol. The summed E-state index contributed by atoms with van der Waals surface area (Å²) >= 11 is 0. The summed E-state index contributed by atoms with van der Waals surface area (Å²) < 4.78 is 4.62. The average Bonchev–Trinajstić information content (AvgIpc) is 2.22. The molecule has 0 saturated heterocycles. The van der Waals surface area contributed by atoms with Crippen LogP contribution in [0.3, 0.4) is 0 Å². The van der Waals surface area contributed by atoms with Gasteiger partial charge in [0.2, 0.25) is 0 Å². The van der Waals surface area contributed by atoms with Crippen molar-refractivity contribution >= 4 is 11.7 Å². The normalized spacial score (nSPS) is 12.1.